The predicted octanol–water partition coefficient (Wildman–Crippen LogP) is 5.92. The molecule has 0 saturated heterocycles. The third kappa shape index (κ3) is 3.42. The van der Waals surface area contributed by atoms with Crippen molar-refractivity contribution in [2.75, 3.05) is 19.2 Å². The zero-order valence-electron chi connectivity index (χ0n) is 18.0. The number of phenolic OH excluding ortho intramolecular Hbond substituents is 1. The molecule has 160 valence electrons. The molecule has 1 atom stereocenters. The smallest absolute Gasteiger partial charge is 0.131 e. The molecule has 4 aromatic carbocycles. The van der Waals surface area contributed by atoms with Gasteiger partial charge in [0.05, 0.1) is 37.2 Å². The number of fused-ring (bicyclic) bond motifs is 1. The molecule has 0 saturated carbocycles. The van der Waals surface area contributed by atoms with Crippen molar-refractivity contribution in [3.05, 3.63) is 96.1 Å². The van der Waals surface area contributed by atoms with Gasteiger partial charge in [-0.1, -0.05) is 48.5 Å². The summed E-state index contributed by atoms with van der Waals surface area (Å²) in [6.07, 6.45) is 0.633. The maximum absolute atomic E-state index is 10.6. The molecule has 0 fully saturated rings. The Kier molecular flexibility index (Phi) is 5.15. The number of methoxy groups -OCH3 is 2. The fourth-order valence-electron chi connectivity index (χ4n) is 4.40. The van der Waals surface area contributed by atoms with E-state index in [-0.39, 0.29) is 11.8 Å². The highest BCUT2D eigenvalue weighted by Crippen LogP contribution is 2.42. The molecule has 0 radical (unpaired) electrons. The van der Waals surface area contributed by atoms with E-state index in [0.29, 0.717) is 17.7 Å². The molecule has 0 aromatic heterocycles. The summed E-state index contributed by atoms with van der Waals surface area (Å²) in [7, 11) is 3.27. The number of ether oxygens (including phenoxy) is 2. The first-order chi connectivity index (χ1) is 15.7. The van der Waals surface area contributed by atoms with Gasteiger partial charge in [0.2, 0.25) is 0 Å². The number of phenols is 1. The molecule has 5 rings (SSSR count). The fourth-order valence-corrected chi connectivity index (χ4v) is 4.40. The van der Waals surface area contributed by atoms with Crippen molar-refractivity contribution in [2.45, 2.75) is 12.5 Å². The van der Waals surface area contributed by atoms with E-state index in [0.717, 1.165) is 17.1 Å². The van der Waals surface area contributed by atoms with E-state index in [1.165, 1.54) is 16.3 Å². The Bertz CT molecular complexity index is 1290. The van der Waals surface area contributed by atoms with Crippen molar-refractivity contribution in [1.29, 1.82) is 0 Å². The topological polar surface area (TPSA) is 54.3 Å². The maximum Gasteiger partial charge on any atom is 0.131 e. The first kappa shape index (κ1) is 19.9. The van der Waals surface area contributed by atoms with Crippen LogP contribution in [-0.4, -0.2) is 25.0 Å². The zero-order valence-corrected chi connectivity index (χ0v) is 18.0. The number of anilines is 1. The highest BCUT2D eigenvalue weighted by atomic mass is 16.5. The number of hydrazone groups is 1. The van der Waals surface area contributed by atoms with E-state index >= 15 is 0 Å². The largest absolute Gasteiger partial charge is 0.507 e. The van der Waals surface area contributed by atoms with Gasteiger partial charge in [-0.15, -0.1) is 0 Å². The minimum absolute atomic E-state index is 0.0335. The highest BCUT2D eigenvalue weighted by molar-refractivity contribution is 6.07. The Balaban J connectivity index is 1.66. The molecular formula is C27H24N2O3. The van der Waals surface area contributed by atoms with Crippen LogP contribution in [0.3, 0.4) is 0 Å². The van der Waals surface area contributed by atoms with Gasteiger partial charge in [-0.05, 0) is 52.7 Å². The lowest BCUT2D eigenvalue weighted by Gasteiger charge is -2.25. The van der Waals surface area contributed by atoms with Gasteiger partial charge in [-0.25, -0.2) is 0 Å². The van der Waals surface area contributed by atoms with Gasteiger partial charge < -0.3 is 14.6 Å². The van der Waals surface area contributed by atoms with Gasteiger partial charge in [-0.2, -0.15) is 5.10 Å². The SMILES string of the molecule is COc1ccc(N2N=C(c3c(O)cccc3OC)CC2c2cccc3ccccc23)cc1. The third-order valence-corrected chi connectivity index (χ3v) is 5.94. The molecule has 0 aliphatic carbocycles. The van der Waals surface area contributed by atoms with E-state index in [1.807, 2.05) is 35.3 Å². The van der Waals surface area contributed by atoms with Crippen LogP contribution >= 0.6 is 0 Å². The molecule has 32 heavy (non-hydrogen) atoms. The van der Waals surface area contributed by atoms with Crippen LogP contribution in [0.4, 0.5) is 5.69 Å². The quantitative estimate of drug-likeness (QED) is 0.432. The molecule has 5 nitrogen and oxygen atoms in total. The third-order valence-electron chi connectivity index (χ3n) is 5.94. The van der Waals surface area contributed by atoms with Crippen molar-refractivity contribution in [1.82, 2.24) is 0 Å². The number of aromatic hydroxyl groups is 1. The minimum Gasteiger partial charge on any atom is -0.507 e. The van der Waals surface area contributed by atoms with Crippen LogP contribution in [0, 0.1) is 0 Å². The van der Waals surface area contributed by atoms with Crippen molar-refractivity contribution < 1.29 is 14.6 Å². The van der Waals surface area contributed by atoms with Crippen molar-refractivity contribution in [2.24, 2.45) is 5.10 Å². The molecule has 1 aliphatic heterocycles. The number of nitrogens with zero attached hydrogens (tertiary/aromatic N) is 2. The lowest BCUT2D eigenvalue weighted by Crippen LogP contribution is -2.18. The lowest BCUT2D eigenvalue weighted by molar-refractivity contribution is 0.406. The molecule has 1 heterocycles. The van der Waals surface area contributed by atoms with Gasteiger partial charge in [0, 0.05) is 6.42 Å². The summed E-state index contributed by atoms with van der Waals surface area (Å²) in [5.74, 6) is 1.56. The summed E-state index contributed by atoms with van der Waals surface area (Å²) in [6.45, 7) is 0. The van der Waals surface area contributed by atoms with E-state index < -0.39 is 0 Å². The first-order valence-corrected chi connectivity index (χ1v) is 10.5. The molecule has 0 amide bonds. The zero-order chi connectivity index (χ0) is 22.1. The Hall–Kier alpha value is -3.99. The average Bonchev–Trinajstić information content (AvgIpc) is 3.28. The van der Waals surface area contributed by atoms with Crippen LogP contribution in [0.25, 0.3) is 10.8 Å². The second kappa shape index (κ2) is 8.27. The van der Waals surface area contributed by atoms with Crippen LogP contribution in [0.2, 0.25) is 0 Å². The normalized spacial score (nSPS) is 15.6. The highest BCUT2D eigenvalue weighted by Gasteiger charge is 2.33. The summed E-state index contributed by atoms with van der Waals surface area (Å²) in [5.41, 5.74) is 3.56. The second-order valence-electron chi connectivity index (χ2n) is 7.73. The van der Waals surface area contributed by atoms with Crippen LogP contribution in [-0.2, 0) is 0 Å². The summed E-state index contributed by atoms with van der Waals surface area (Å²) in [4.78, 5) is 0. The van der Waals surface area contributed by atoms with E-state index in [2.05, 4.69) is 42.5 Å². The molecule has 0 bridgehead atoms. The number of rotatable bonds is 5. The van der Waals surface area contributed by atoms with Gasteiger partial charge in [0.1, 0.15) is 17.2 Å². The van der Waals surface area contributed by atoms with E-state index in [9.17, 15) is 5.11 Å². The molecule has 1 aliphatic rings. The maximum atomic E-state index is 10.6. The molecule has 1 N–H and O–H groups in total. The van der Waals surface area contributed by atoms with Crippen molar-refractivity contribution in [3.63, 3.8) is 0 Å². The molecular weight excluding hydrogens is 400 g/mol. The predicted molar refractivity (Wildman–Crippen MR) is 128 cm³/mol. The fraction of sp³-hybridized carbons (Fsp3) is 0.148. The van der Waals surface area contributed by atoms with Crippen LogP contribution in [0.5, 0.6) is 17.2 Å². The number of benzene rings is 4. The number of hydrogen-bond acceptors (Lipinski definition) is 5. The Morgan fingerprint density at radius 1 is 0.844 bits per heavy atom. The summed E-state index contributed by atoms with van der Waals surface area (Å²) < 4.78 is 10.9. The minimum atomic E-state index is -0.0335. The van der Waals surface area contributed by atoms with Crippen molar-refractivity contribution >= 4 is 22.2 Å². The average molecular weight is 425 g/mol. The molecule has 0 spiro atoms. The monoisotopic (exact) mass is 424 g/mol. The molecule has 5 heteroatoms. The lowest BCUT2D eigenvalue weighted by atomic mass is 9.93. The van der Waals surface area contributed by atoms with Crippen LogP contribution in [0.1, 0.15) is 23.6 Å². The second-order valence-corrected chi connectivity index (χ2v) is 7.73. The van der Waals surface area contributed by atoms with Gasteiger partial charge in [0.25, 0.3) is 0 Å². The van der Waals surface area contributed by atoms with Crippen LogP contribution in [0.15, 0.2) is 90.0 Å². The Morgan fingerprint density at radius 3 is 2.38 bits per heavy atom. The number of hydrogen-bond donors (Lipinski definition) is 1. The summed E-state index contributed by atoms with van der Waals surface area (Å²) in [5, 5.41) is 20.0. The Labute approximate surface area is 187 Å². The van der Waals surface area contributed by atoms with Crippen LogP contribution < -0.4 is 14.5 Å². The summed E-state index contributed by atoms with van der Waals surface area (Å²) >= 11 is 0. The van der Waals surface area contributed by atoms with Gasteiger partial charge in [0.15, 0.2) is 0 Å². The molecule has 1 unspecified atom stereocenters. The van der Waals surface area contributed by atoms with E-state index in [1.54, 1.807) is 26.4 Å². The Morgan fingerprint density at radius 2 is 1.59 bits per heavy atom. The standard InChI is InChI=1S/C27H24N2O3/c1-31-20-15-13-19(14-16-20)29-24(22-10-5-8-18-7-3-4-9-21(18)22)17-23(28-29)27-25(30)11-6-12-26(27)32-2/h3-16,24,30H,17H2,1-2H3. The van der Waals surface area contributed by atoms with E-state index in [4.69, 9.17) is 14.6 Å². The molecule has 4 aromatic rings. The summed E-state index contributed by atoms with van der Waals surface area (Å²) in [6, 6.07) is 27.9. The van der Waals surface area contributed by atoms with Gasteiger partial charge in [-0.3, -0.25) is 5.01 Å². The van der Waals surface area contributed by atoms with Crippen molar-refractivity contribution in [3.8, 4) is 17.2 Å². The first-order valence-electron chi connectivity index (χ1n) is 10.5. The van der Waals surface area contributed by atoms with Gasteiger partial charge >= 0.3 is 0 Å².